The predicted octanol–water partition coefficient (Wildman–Crippen LogP) is 4.07. The molecule has 0 saturated heterocycles. The lowest BCUT2D eigenvalue weighted by atomic mass is 10.2. The van der Waals surface area contributed by atoms with E-state index in [4.69, 9.17) is 9.47 Å². The Hall–Kier alpha value is -3.52. The van der Waals surface area contributed by atoms with E-state index >= 15 is 0 Å². The number of hydrogen-bond acceptors (Lipinski definition) is 5. The molecule has 0 bridgehead atoms. The van der Waals surface area contributed by atoms with E-state index < -0.39 is 15.9 Å². The predicted molar refractivity (Wildman–Crippen MR) is 116 cm³/mol. The summed E-state index contributed by atoms with van der Waals surface area (Å²) in [5.41, 5.74) is 2.07. The maximum Gasteiger partial charge on any atom is 0.261 e. The Bertz CT molecular complexity index is 1160. The molecule has 0 saturated carbocycles. The van der Waals surface area contributed by atoms with Crippen LogP contribution in [0.1, 0.15) is 15.9 Å². The Labute approximate surface area is 175 Å². The van der Waals surface area contributed by atoms with Gasteiger partial charge in [-0.05, 0) is 49.4 Å². The van der Waals surface area contributed by atoms with Gasteiger partial charge in [0.05, 0.1) is 19.1 Å². The second-order valence-corrected chi connectivity index (χ2v) is 8.21. The molecule has 30 heavy (non-hydrogen) atoms. The fraction of sp³-hybridized carbons (Fsp3) is 0.136. The maximum atomic E-state index is 12.6. The minimum absolute atomic E-state index is 0.147. The number of rotatable bonds is 7. The van der Waals surface area contributed by atoms with Crippen molar-refractivity contribution in [2.24, 2.45) is 0 Å². The molecule has 7 nitrogen and oxygen atoms in total. The van der Waals surface area contributed by atoms with Gasteiger partial charge in [-0.1, -0.05) is 23.8 Å². The van der Waals surface area contributed by atoms with Crippen LogP contribution in [-0.4, -0.2) is 28.5 Å². The van der Waals surface area contributed by atoms with Crippen molar-refractivity contribution >= 4 is 27.3 Å². The molecule has 1 amide bonds. The summed E-state index contributed by atoms with van der Waals surface area (Å²) in [7, 11) is -0.726. The lowest BCUT2D eigenvalue weighted by molar-refractivity contribution is 0.102. The Morgan fingerprint density at radius 3 is 2.20 bits per heavy atom. The van der Waals surface area contributed by atoms with E-state index in [9.17, 15) is 13.2 Å². The molecule has 0 aromatic heterocycles. The first-order valence-corrected chi connectivity index (χ1v) is 10.5. The molecule has 0 aliphatic heterocycles. The highest BCUT2D eigenvalue weighted by atomic mass is 32.2. The fourth-order valence-electron chi connectivity index (χ4n) is 2.77. The molecule has 0 aliphatic carbocycles. The van der Waals surface area contributed by atoms with Crippen molar-refractivity contribution in [1.29, 1.82) is 0 Å². The molecule has 0 aliphatic rings. The van der Waals surface area contributed by atoms with Gasteiger partial charge in [-0.15, -0.1) is 0 Å². The van der Waals surface area contributed by atoms with E-state index in [0.29, 0.717) is 22.7 Å². The second kappa shape index (κ2) is 8.87. The maximum absolute atomic E-state index is 12.6. The zero-order chi connectivity index (χ0) is 21.7. The summed E-state index contributed by atoms with van der Waals surface area (Å²) in [6, 6.07) is 17.8. The molecule has 3 aromatic carbocycles. The molecular formula is C22H22N2O5S. The summed E-state index contributed by atoms with van der Waals surface area (Å²) in [5.74, 6) is 0.636. The minimum Gasteiger partial charge on any atom is -0.493 e. The summed E-state index contributed by atoms with van der Waals surface area (Å²) in [4.78, 5) is 12.8. The number of benzene rings is 3. The third kappa shape index (κ3) is 4.90. The number of hydrogen-bond donors (Lipinski definition) is 2. The van der Waals surface area contributed by atoms with Crippen LogP contribution in [0.4, 0.5) is 11.4 Å². The molecule has 156 valence electrons. The molecule has 0 atom stereocenters. The van der Waals surface area contributed by atoms with E-state index in [1.807, 2.05) is 6.92 Å². The van der Waals surface area contributed by atoms with E-state index in [-0.39, 0.29) is 10.6 Å². The van der Waals surface area contributed by atoms with Gasteiger partial charge in [0.2, 0.25) is 0 Å². The van der Waals surface area contributed by atoms with Crippen molar-refractivity contribution < 1.29 is 22.7 Å². The minimum atomic E-state index is -3.76. The van der Waals surface area contributed by atoms with Crippen molar-refractivity contribution in [3.05, 3.63) is 77.9 Å². The first-order chi connectivity index (χ1) is 14.3. The molecular weight excluding hydrogens is 404 g/mol. The van der Waals surface area contributed by atoms with Gasteiger partial charge in [0.15, 0.2) is 11.5 Å². The third-order valence-electron chi connectivity index (χ3n) is 4.35. The Morgan fingerprint density at radius 1 is 0.833 bits per heavy atom. The topological polar surface area (TPSA) is 93.7 Å². The number of sulfonamides is 1. The van der Waals surface area contributed by atoms with Crippen molar-refractivity contribution in [3.63, 3.8) is 0 Å². The lowest BCUT2D eigenvalue weighted by Crippen LogP contribution is -2.15. The van der Waals surface area contributed by atoms with Crippen LogP contribution in [0.3, 0.4) is 0 Å². The van der Waals surface area contributed by atoms with Gasteiger partial charge in [0.1, 0.15) is 0 Å². The SMILES string of the molecule is COc1ccc(NC(=O)c2cccc(NS(=O)(=O)c3ccc(C)cc3)c2)cc1OC. The van der Waals surface area contributed by atoms with Crippen LogP contribution < -0.4 is 19.5 Å². The lowest BCUT2D eigenvalue weighted by Gasteiger charge is -2.12. The molecule has 3 aromatic rings. The van der Waals surface area contributed by atoms with Crippen molar-refractivity contribution in [2.45, 2.75) is 11.8 Å². The summed E-state index contributed by atoms with van der Waals surface area (Å²) < 4.78 is 38.1. The van der Waals surface area contributed by atoms with Crippen LogP contribution in [0.5, 0.6) is 11.5 Å². The highest BCUT2D eigenvalue weighted by Crippen LogP contribution is 2.30. The molecule has 3 rings (SSSR count). The number of amides is 1. The third-order valence-corrected chi connectivity index (χ3v) is 5.75. The second-order valence-electron chi connectivity index (χ2n) is 6.52. The van der Waals surface area contributed by atoms with Crippen LogP contribution in [0, 0.1) is 6.92 Å². The summed E-state index contributed by atoms with van der Waals surface area (Å²) in [5, 5.41) is 2.76. The first kappa shape index (κ1) is 21.2. The van der Waals surface area contributed by atoms with Crippen LogP contribution in [-0.2, 0) is 10.0 Å². The van der Waals surface area contributed by atoms with Gasteiger partial charge < -0.3 is 14.8 Å². The van der Waals surface area contributed by atoms with Gasteiger partial charge in [0.25, 0.3) is 15.9 Å². The van der Waals surface area contributed by atoms with Gasteiger partial charge in [-0.3, -0.25) is 9.52 Å². The van der Waals surface area contributed by atoms with Crippen LogP contribution in [0.25, 0.3) is 0 Å². The van der Waals surface area contributed by atoms with Crippen molar-refractivity contribution in [1.82, 2.24) is 0 Å². The first-order valence-electron chi connectivity index (χ1n) is 9.05. The number of carbonyl (C=O) groups is 1. The number of nitrogens with one attached hydrogen (secondary N) is 2. The fourth-order valence-corrected chi connectivity index (χ4v) is 3.82. The molecule has 8 heteroatoms. The quantitative estimate of drug-likeness (QED) is 0.594. The van der Waals surface area contributed by atoms with E-state index in [1.165, 1.54) is 32.4 Å². The smallest absolute Gasteiger partial charge is 0.261 e. The number of anilines is 2. The van der Waals surface area contributed by atoms with Crippen molar-refractivity contribution in [2.75, 3.05) is 24.3 Å². The zero-order valence-corrected chi connectivity index (χ0v) is 17.6. The van der Waals surface area contributed by atoms with E-state index in [0.717, 1.165) is 5.56 Å². The van der Waals surface area contributed by atoms with Crippen LogP contribution in [0.2, 0.25) is 0 Å². The Balaban J connectivity index is 1.78. The molecule has 0 fully saturated rings. The number of methoxy groups -OCH3 is 2. The number of aryl methyl sites for hydroxylation is 1. The number of ether oxygens (including phenoxy) is 2. The average molecular weight is 426 g/mol. The van der Waals surface area contributed by atoms with Gasteiger partial charge >= 0.3 is 0 Å². The molecule has 0 radical (unpaired) electrons. The van der Waals surface area contributed by atoms with Crippen LogP contribution >= 0.6 is 0 Å². The largest absolute Gasteiger partial charge is 0.493 e. The van der Waals surface area contributed by atoms with Gasteiger partial charge in [-0.2, -0.15) is 0 Å². The zero-order valence-electron chi connectivity index (χ0n) is 16.8. The molecule has 2 N–H and O–H groups in total. The van der Waals surface area contributed by atoms with Gasteiger partial charge in [0, 0.05) is 23.0 Å². The monoisotopic (exact) mass is 426 g/mol. The standard InChI is InChI=1S/C22H22N2O5S/c1-15-7-10-19(11-8-15)30(26,27)24-18-6-4-5-16(13-18)22(25)23-17-9-12-20(28-2)21(14-17)29-3/h4-14,24H,1-3H3,(H,23,25). The Morgan fingerprint density at radius 2 is 1.53 bits per heavy atom. The molecule has 0 heterocycles. The van der Waals surface area contributed by atoms with Gasteiger partial charge in [-0.25, -0.2) is 8.42 Å². The average Bonchev–Trinajstić information content (AvgIpc) is 2.73. The van der Waals surface area contributed by atoms with Crippen molar-refractivity contribution in [3.8, 4) is 11.5 Å². The summed E-state index contributed by atoms with van der Waals surface area (Å²) >= 11 is 0. The Kier molecular flexibility index (Phi) is 6.27. The van der Waals surface area contributed by atoms with E-state index in [1.54, 1.807) is 48.5 Å². The highest BCUT2D eigenvalue weighted by molar-refractivity contribution is 7.92. The normalized spacial score (nSPS) is 10.9. The van der Waals surface area contributed by atoms with Crippen LogP contribution in [0.15, 0.2) is 71.6 Å². The summed E-state index contributed by atoms with van der Waals surface area (Å²) in [6.45, 7) is 1.88. The van der Waals surface area contributed by atoms with E-state index in [2.05, 4.69) is 10.0 Å². The summed E-state index contributed by atoms with van der Waals surface area (Å²) in [6.07, 6.45) is 0. The molecule has 0 unspecified atom stereocenters. The molecule has 0 spiro atoms. The number of carbonyl (C=O) groups excluding carboxylic acids is 1. The highest BCUT2D eigenvalue weighted by Gasteiger charge is 2.15.